The normalized spacial score (nSPS) is 24.2. The second kappa shape index (κ2) is 11.6. The quantitative estimate of drug-likeness (QED) is 0.318. The van der Waals surface area contributed by atoms with Crippen LogP contribution < -0.4 is 0 Å². The molecule has 37 heavy (non-hydrogen) atoms. The van der Waals surface area contributed by atoms with Gasteiger partial charge in [-0.2, -0.15) is 0 Å². The molecule has 200 valence electrons. The van der Waals surface area contributed by atoms with E-state index in [9.17, 15) is 0 Å². The molecule has 2 unspecified atom stereocenters. The molecule has 2 aliphatic heterocycles. The predicted octanol–water partition coefficient (Wildman–Crippen LogP) is 8.58. The minimum absolute atomic E-state index is 0.250. The van der Waals surface area contributed by atoms with E-state index in [-0.39, 0.29) is 5.60 Å². The number of hydrogen-bond donors (Lipinski definition) is 1. The third-order valence-electron chi connectivity index (χ3n) is 8.58. The Hall–Kier alpha value is -2.28. The third-order valence-corrected chi connectivity index (χ3v) is 8.58. The summed E-state index contributed by atoms with van der Waals surface area (Å²) in [6.45, 7) is 16.0. The van der Waals surface area contributed by atoms with E-state index < -0.39 is 0 Å². The first kappa shape index (κ1) is 27.7. The van der Waals surface area contributed by atoms with Gasteiger partial charge in [0, 0.05) is 22.6 Å². The van der Waals surface area contributed by atoms with E-state index in [1.54, 1.807) is 0 Å². The number of likely N-dealkylation sites (tertiary alicyclic amines) is 1. The molecule has 3 aliphatic rings. The van der Waals surface area contributed by atoms with Gasteiger partial charge in [-0.25, -0.2) is 0 Å². The van der Waals surface area contributed by atoms with E-state index in [2.05, 4.69) is 94.6 Å². The molecule has 0 amide bonds. The molecule has 2 atom stereocenters. The lowest BCUT2D eigenvalue weighted by molar-refractivity contribution is -0.0922. The van der Waals surface area contributed by atoms with Gasteiger partial charge in [-0.3, -0.25) is 0 Å². The zero-order chi connectivity index (χ0) is 26.7. The molecule has 1 spiro atoms. The monoisotopic (exact) mass is 500 g/mol. The van der Waals surface area contributed by atoms with E-state index in [4.69, 9.17) is 4.74 Å². The SMILES string of the molecule is C#C.CC/C=C(\C=C(C)C)c1[nH]c2ccc(C3CCN(C4CC(C)OC5(CC5)C4)CC3)cc2c1C(C)C. The molecule has 2 saturated heterocycles. The first-order valence-electron chi connectivity index (χ1n) is 14.5. The predicted molar refractivity (Wildman–Crippen MR) is 159 cm³/mol. The number of allylic oxidation sites excluding steroid dienone is 4. The number of fused-ring (bicyclic) bond motifs is 1. The molecule has 0 radical (unpaired) electrons. The maximum Gasteiger partial charge on any atom is 0.0703 e. The van der Waals surface area contributed by atoms with Crippen LogP contribution in [-0.4, -0.2) is 40.7 Å². The summed E-state index contributed by atoms with van der Waals surface area (Å²) in [6.07, 6.45) is 21.7. The standard InChI is InChI=1S/C32H46N2O.C2H2/c1-7-8-26(17-21(2)3)31-30(22(4)5)28-19-25(9-10-29(28)33-31)24-11-15-34(16-12-24)27-18-23(6)35-32(20-27)13-14-32;1-2/h8-10,17,19,22-24,27,33H,7,11-16,18,20H2,1-6H3;1-2H/b26-8+;. The fourth-order valence-electron chi connectivity index (χ4n) is 6.83. The van der Waals surface area contributed by atoms with Crippen LogP contribution in [0.3, 0.4) is 0 Å². The Kier molecular flexibility index (Phi) is 8.72. The van der Waals surface area contributed by atoms with Crippen LogP contribution in [-0.2, 0) is 4.74 Å². The van der Waals surface area contributed by atoms with E-state index in [1.807, 2.05) is 0 Å². The van der Waals surface area contributed by atoms with Crippen molar-refractivity contribution in [1.82, 2.24) is 9.88 Å². The Bertz CT molecular complexity index is 1150. The second-order valence-corrected chi connectivity index (χ2v) is 12.2. The smallest absolute Gasteiger partial charge is 0.0703 e. The molecule has 3 fully saturated rings. The van der Waals surface area contributed by atoms with E-state index >= 15 is 0 Å². The Morgan fingerprint density at radius 1 is 1.19 bits per heavy atom. The van der Waals surface area contributed by atoms with Crippen LogP contribution in [0.25, 0.3) is 16.5 Å². The molecular weight excluding hydrogens is 452 g/mol. The fraction of sp³-hybridized carbons (Fsp3) is 0.588. The fourth-order valence-corrected chi connectivity index (χ4v) is 6.83. The maximum absolute atomic E-state index is 6.29. The van der Waals surface area contributed by atoms with Crippen molar-refractivity contribution in [3.8, 4) is 12.8 Å². The zero-order valence-electron chi connectivity index (χ0n) is 24.1. The number of hydrogen-bond acceptors (Lipinski definition) is 2. The van der Waals surface area contributed by atoms with Crippen LogP contribution in [0.5, 0.6) is 0 Å². The van der Waals surface area contributed by atoms with Gasteiger partial charge in [0.15, 0.2) is 0 Å². The summed E-state index contributed by atoms with van der Waals surface area (Å²) in [5, 5.41) is 1.42. The zero-order valence-corrected chi connectivity index (χ0v) is 24.1. The molecule has 1 aromatic heterocycles. The lowest BCUT2D eigenvalue weighted by atomic mass is 9.86. The van der Waals surface area contributed by atoms with Gasteiger partial charge in [0.1, 0.15) is 0 Å². The average molecular weight is 501 g/mol. The lowest BCUT2D eigenvalue weighted by Crippen LogP contribution is -2.48. The van der Waals surface area contributed by atoms with Gasteiger partial charge in [-0.05, 0) is 119 Å². The summed E-state index contributed by atoms with van der Waals surface area (Å²) < 4.78 is 6.29. The molecular formula is C34H48N2O. The number of piperidine rings is 1. The molecule has 2 aromatic rings. The topological polar surface area (TPSA) is 28.3 Å². The number of nitrogens with zero attached hydrogens (tertiary/aromatic N) is 1. The summed E-state index contributed by atoms with van der Waals surface area (Å²) in [6, 6.07) is 7.98. The van der Waals surface area contributed by atoms with Crippen molar-refractivity contribution in [1.29, 1.82) is 0 Å². The highest BCUT2D eigenvalue weighted by Crippen LogP contribution is 2.49. The molecule has 3 heteroatoms. The summed E-state index contributed by atoms with van der Waals surface area (Å²) in [7, 11) is 0. The summed E-state index contributed by atoms with van der Waals surface area (Å²) in [4.78, 5) is 6.60. The Morgan fingerprint density at radius 3 is 2.49 bits per heavy atom. The largest absolute Gasteiger partial charge is 0.372 e. The molecule has 1 aromatic carbocycles. The van der Waals surface area contributed by atoms with Gasteiger partial charge < -0.3 is 14.6 Å². The first-order chi connectivity index (χ1) is 17.8. The number of benzene rings is 1. The van der Waals surface area contributed by atoms with Crippen molar-refractivity contribution in [2.45, 2.75) is 116 Å². The summed E-state index contributed by atoms with van der Waals surface area (Å²) >= 11 is 0. The highest BCUT2D eigenvalue weighted by atomic mass is 16.5. The van der Waals surface area contributed by atoms with Gasteiger partial charge in [0.2, 0.25) is 0 Å². The summed E-state index contributed by atoms with van der Waals surface area (Å²) in [5.74, 6) is 1.15. The molecule has 1 N–H and O–H groups in total. The minimum Gasteiger partial charge on any atom is -0.372 e. The van der Waals surface area contributed by atoms with Crippen LogP contribution >= 0.6 is 0 Å². The second-order valence-electron chi connectivity index (χ2n) is 12.2. The van der Waals surface area contributed by atoms with Crippen molar-refractivity contribution in [3.05, 3.63) is 52.7 Å². The number of rotatable bonds is 6. The van der Waals surface area contributed by atoms with Crippen LogP contribution in [0.15, 0.2) is 35.9 Å². The molecule has 1 aliphatic carbocycles. The highest BCUT2D eigenvalue weighted by molar-refractivity contribution is 5.92. The Morgan fingerprint density at radius 2 is 1.89 bits per heavy atom. The number of H-pyrrole nitrogens is 1. The Labute approximate surface area is 225 Å². The van der Waals surface area contributed by atoms with Gasteiger partial charge in [-0.1, -0.05) is 44.6 Å². The molecule has 1 saturated carbocycles. The number of aromatic nitrogens is 1. The highest BCUT2D eigenvalue weighted by Gasteiger charge is 2.50. The van der Waals surface area contributed by atoms with Gasteiger partial charge in [-0.15, -0.1) is 12.8 Å². The van der Waals surface area contributed by atoms with Gasteiger partial charge in [0.25, 0.3) is 0 Å². The van der Waals surface area contributed by atoms with Crippen molar-refractivity contribution in [2.75, 3.05) is 13.1 Å². The van der Waals surface area contributed by atoms with Gasteiger partial charge in [0.05, 0.1) is 11.7 Å². The van der Waals surface area contributed by atoms with Crippen molar-refractivity contribution >= 4 is 16.5 Å². The lowest BCUT2D eigenvalue weighted by Gasteiger charge is -2.43. The van der Waals surface area contributed by atoms with Gasteiger partial charge >= 0.3 is 0 Å². The number of nitrogens with one attached hydrogen (secondary N) is 1. The maximum atomic E-state index is 6.29. The van der Waals surface area contributed by atoms with Crippen molar-refractivity contribution < 1.29 is 4.74 Å². The molecule has 0 bridgehead atoms. The third kappa shape index (κ3) is 6.08. The van der Waals surface area contributed by atoms with E-state index in [0.717, 1.165) is 12.5 Å². The van der Waals surface area contributed by atoms with Crippen LogP contribution in [0.4, 0.5) is 0 Å². The van der Waals surface area contributed by atoms with E-state index in [1.165, 1.54) is 90.5 Å². The van der Waals surface area contributed by atoms with Crippen molar-refractivity contribution in [2.24, 2.45) is 0 Å². The number of ether oxygens (including phenoxy) is 1. The molecule has 5 rings (SSSR count). The molecule has 3 heterocycles. The first-order valence-corrected chi connectivity index (χ1v) is 14.5. The Balaban J connectivity index is 0.00000156. The number of aromatic amines is 1. The van der Waals surface area contributed by atoms with Crippen LogP contribution in [0, 0.1) is 12.8 Å². The van der Waals surface area contributed by atoms with Crippen LogP contribution in [0.1, 0.15) is 115 Å². The average Bonchev–Trinajstić information content (AvgIpc) is 3.49. The van der Waals surface area contributed by atoms with E-state index in [0.29, 0.717) is 17.9 Å². The summed E-state index contributed by atoms with van der Waals surface area (Å²) in [5.41, 5.74) is 8.53. The molecule has 3 nitrogen and oxygen atoms in total. The van der Waals surface area contributed by atoms with Crippen molar-refractivity contribution in [3.63, 3.8) is 0 Å². The minimum atomic E-state index is 0.250. The number of terminal acetylenes is 1. The van der Waals surface area contributed by atoms with Crippen LogP contribution in [0.2, 0.25) is 0 Å².